The van der Waals surface area contributed by atoms with Gasteiger partial charge in [0.2, 0.25) is 0 Å². The average Bonchev–Trinajstić information content (AvgIpc) is 2.68. The molecule has 0 saturated carbocycles. The summed E-state index contributed by atoms with van der Waals surface area (Å²) in [4.78, 5) is 21.2. The Kier molecular flexibility index (Phi) is 3.03. The second-order valence-corrected chi connectivity index (χ2v) is 6.15. The Labute approximate surface area is 123 Å². The Morgan fingerprint density at radius 2 is 2.10 bits per heavy atom. The molecule has 0 aliphatic heterocycles. The Morgan fingerprint density at radius 3 is 2.80 bits per heavy atom. The van der Waals surface area contributed by atoms with Gasteiger partial charge in [-0.05, 0) is 37.6 Å². The highest BCUT2D eigenvalue weighted by Crippen LogP contribution is 2.30. The fourth-order valence-electron chi connectivity index (χ4n) is 2.05. The van der Waals surface area contributed by atoms with E-state index in [1.54, 1.807) is 12.1 Å². The molecule has 0 unspecified atom stereocenters. The monoisotopic (exact) mass is 306 g/mol. The number of thiophene rings is 1. The number of nitrogens with zero attached hydrogens (tertiary/aromatic N) is 1. The van der Waals surface area contributed by atoms with Gasteiger partial charge in [-0.2, -0.15) is 0 Å². The molecule has 4 nitrogen and oxygen atoms in total. The van der Waals surface area contributed by atoms with Crippen LogP contribution in [0.25, 0.3) is 21.6 Å². The summed E-state index contributed by atoms with van der Waals surface area (Å²) in [7, 11) is 0. The molecule has 0 atom stereocenters. The van der Waals surface area contributed by atoms with Crippen LogP contribution in [-0.2, 0) is 0 Å². The lowest BCUT2D eigenvalue weighted by molar-refractivity contribution is 0.475. The molecule has 0 bridgehead atoms. The van der Waals surface area contributed by atoms with Crippen molar-refractivity contribution in [2.45, 2.75) is 13.8 Å². The summed E-state index contributed by atoms with van der Waals surface area (Å²) < 4.78 is 0. The molecule has 0 amide bonds. The molecule has 3 aromatic rings. The topological polar surface area (TPSA) is 66.0 Å². The number of H-pyrrole nitrogens is 1. The molecule has 2 heterocycles. The van der Waals surface area contributed by atoms with Crippen molar-refractivity contribution in [3.8, 4) is 17.1 Å². The van der Waals surface area contributed by atoms with Crippen molar-refractivity contribution >= 4 is 33.2 Å². The number of nitrogens with one attached hydrogen (secondary N) is 1. The second kappa shape index (κ2) is 4.61. The van der Waals surface area contributed by atoms with Gasteiger partial charge in [0.15, 0.2) is 0 Å². The number of phenols is 1. The Morgan fingerprint density at radius 1 is 1.35 bits per heavy atom. The highest BCUT2D eigenvalue weighted by atomic mass is 35.5. The first-order chi connectivity index (χ1) is 9.47. The van der Waals surface area contributed by atoms with Crippen molar-refractivity contribution in [2.75, 3.05) is 0 Å². The smallest absolute Gasteiger partial charge is 0.260 e. The lowest BCUT2D eigenvalue weighted by atomic mass is 10.2. The van der Waals surface area contributed by atoms with E-state index in [4.69, 9.17) is 11.6 Å². The second-order valence-electron chi connectivity index (χ2n) is 4.54. The minimum Gasteiger partial charge on any atom is -0.506 e. The van der Waals surface area contributed by atoms with Gasteiger partial charge in [0.25, 0.3) is 5.56 Å². The number of hydrogen-bond acceptors (Lipinski definition) is 4. The number of fused-ring (bicyclic) bond motifs is 1. The van der Waals surface area contributed by atoms with Crippen LogP contribution < -0.4 is 5.56 Å². The van der Waals surface area contributed by atoms with Crippen LogP contribution in [0.3, 0.4) is 0 Å². The number of aromatic amines is 1. The summed E-state index contributed by atoms with van der Waals surface area (Å²) in [5.74, 6) is 0.451. The lowest BCUT2D eigenvalue weighted by Gasteiger charge is -2.03. The number of hydrogen-bond donors (Lipinski definition) is 2. The van der Waals surface area contributed by atoms with Crippen molar-refractivity contribution < 1.29 is 5.11 Å². The molecule has 0 saturated heterocycles. The van der Waals surface area contributed by atoms with Gasteiger partial charge in [0.1, 0.15) is 16.4 Å². The van der Waals surface area contributed by atoms with Crippen molar-refractivity contribution in [1.29, 1.82) is 0 Å². The number of benzene rings is 1. The SMILES string of the molecule is Cc1sc2nc(-c3ccc(O)c(Cl)c3)[nH]c(=O)c2c1C. The first-order valence-corrected chi connectivity index (χ1v) is 7.15. The first-order valence-electron chi connectivity index (χ1n) is 5.96. The maximum Gasteiger partial charge on any atom is 0.260 e. The molecule has 0 aliphatic rings. The van der Waals surface area contributed by atoms with E-state index in [1.165, 1.54) is 17.4 Å². The van der Waals surface area contributed by atoms with Gasteiger partial charge < -0.3 is 10.1 Å². The molecule has 0 spiro atoms. The van der Waals surface area contributed by atoms with Gasteiger partial charge in [-0.3, -0.25) is 4.79 Å². The highest BCUT2D eigenvalue weighted by molar-refractivity contribution is 7.18. The number of halogens is 1. The molecule has 1 aromatic carbocycles. The van der Waals surface area contributed by atoms with Gasteiger partial charge in [-0.1, -0.05) is 11.6 Å². The van der Waals surface area contributed by atoms with E-state index < -0.39 is 0 Å². The Bertz CT molecular complexity index is 883. The third-order valence-corrected chi connectivity index (χ3v) is 4.66. The third-order valence-electron chi connectivity index (χ3n) is 3.26. The fourth-order valence-corrected chi connectivity index (χ4v) is 3.26. The van der Waals surface area contributed by atoms with E-state index in [9.17, 15) is 9.90 Å². The maximum atomic E-state index is 12.2. The van der Waals surface area contributed by atoms with Crippen LogP contribution in [0.2, 0.25) is 5.02 Å². The van der Waals surface area contributed by atoms with E-state index in [1.807, 2.05) is 13.8 Å². The number of aromatic nitrogens is 2. The predicted molar refractivity (Wildman–Crippen MR) is 81.8 cm³/mol. The number of rotatable bonds is 1. The summed E-state index contributed by atoms with van der Waals surface area (Å²) in [5, 5.41) is 10.3. The molecule has 0 aliphatic carbocycles. The van der Waals surface area contributed by atoms with E-state index in [0.29, 0.717) is 21.6 Å². The molecule has 20 heavy (non-hydrogen) atoms. The lowest BCUT2D eigenvalue weighted by Crippen LogP contribution is -2.09. The van der Waals surface area contributed by atoms with Gasteiger partial charge in [-0.25, -0.2) is 4.98 Å². The molecule has 0 fully saturated rings. The molecular formula is C14H11ClN2O2S. The van der Waals surface area contributed by atoms with Crippen LogP contribution in [0.5, 0.6) is 5.75 Å². The van der Waals surface area contributed by atoms with Crippen LogP contribution in [0, 0.1) is 13.8 Å². The van der Waals surface area contributed by atoms with Crippen LogP contribution in [0.1, 0.15) is 10.4 Å². The van der Waals surface area contributed by atoms with E-state index in [-0.39, 0.29) is 16.3 Å². The fraction of sp³-hybridized carbons (Fsp3) is 0.143. The number of phenolic OH excluding ortho intramolecular Hbond substituents is 1. The molecule has 2 aromatic heterocycles. The Balaban J connectivity index is 2.27. The normalized spacial score (nSPS) is 11.2. The molecule has 6 heteroatoms. The molecule has 0 radical (unpaired) electrons. The van der Waals surface area contributed by atoms with Gasteiger partial charge in [0, 0.05) is 10.4 Å². The van der Waals surface area contributed by atoms with Crippen LogP contribution in [0.15, 0.2) is 23.0 Å². The number of aryl methyl sites for hydroxylation is 2. The van der Waals surface area contributed by atoms with Crippen molar-refractivity contribution in [2.24, 2.45) is 0 Å². The van der Waals surface area contributed by atoms with Gasteiger partial charge in [-0.15, -0.1) is 11.3 Å². The summed E-state index contributed by atoms with van der Waals surface area (Å²) >= 11 is 7.38. The maximum absolute atomic E-state index is 12.2. The van der Waals surface area contributed by atoms with E-state index in [0.717, 1.165) is 10.4 Å². The average molecular weight is 307 g/mol. The summed E-state index contributed by atoms with van der Waals surface area (Å²) in [6, 6.07) is 4.72. The van der Waals surface area contributed by atoms with Gasteiger partial charge in [0.05, 0.1) is 10.4 Å². The largest absolute Gasteiger partial charge is 0.506 e. The molecule has 102 valence electrons. The van der Waals surface area contributed by atoms with Crippen LogP contribution >= 0.6 is 22.9 Å². The van der Waals surface area contributed by atoms with E-state index in [2.05, 4.69) is 9.97 Å². The minimum atomic E-state index is -0.156. The highest BCUT2D eigenvalue weighted by Gasteiger charge is 2.13. The zero-order valence-electron chi connectivity index (χ0n) is 10.8. The Hall–Kier alpha value is -1.85. The summed E-state index contributed by atoms with van der Waals surface area (Å²) in [5.41, 5.74) is 1.47. The standard InChI is InChI=1S/C14H11ClN2O2S/c1-6-7(2)20-14-11(6)13(19)16-12(17-14)8-3-4-10(18)9(15)5-8/h3-5,18H,1-2H3,(H,16,17,19). The summed E-state index contributed by atoms with van der Waals surface area (Å²) in [6.45, 7) is 3.89. The zero-order valence-corrected chi connectivity index (χ0v) is 12.4. The van der Waals surface area contributed by atoms with Crippen molar-refractivity contribution in [3.63, 3.8) is 0 Å². The first kappa shape index (κ1) is 13.1. The molecular weight excluding hydrogens is 296 g/mol. The zero-order chi connectivity index (χ0) is 14.4. The van der Waals surface area contributed by atoms with Gasteiger partial charge >= 0.3 is 0 Å². The summed E-state index contributed by atoms with van der Waals surface area (Å²) in [6.07, 6.45) is 0. The number of aromatic hydroxyl groups is 1. The quantitative estimate of drug-likeness (QED) is 0.721. The van der Waals surface area contributed by atoms with Crippen LogP contribution in [0.4, 0.5) is 0 Å². The molecule has 3 rings (SSSR count). The van der Waals surface area contributed by atoms with Crippen molar-refractivity contribution in [3.05, 3.63) is 44.0 Å². The van der Waals surface area contributed by atoms with E-state index >= 15 is 0 Å². The van der Waals surface area contributed by atoms with Crippen LogP contribution in [-0.4, -0.2) is 15.1 Å². The predicted octanol–water partition coefficient (Wildman–Crippen LogP) is 3.63. The molecule has 2 N–H and O–H groups in total. The minimum absolute atomic E-state index is 0.00153. The van der Waals surface area contributed by atoms with Crippen molar-refractivity contribution in [1.82, 2.24) is 9.97 Å². The third kappa shape index (κ3) is 1.99.